The Labute approximate surface area is 184 Å². The van der Waals surface area contributed by atoms with E-state index in [1.807, 2.05) is 35.7 Å². The Morgan fingerprint density at radius 2 is 2.06 bits per heavy atom. The van der Waals surface area contributed by atoms with E-state index in [9.17, 15) is 9.59 Å². The molecule has 1 unspecified atom stereocenters. The molecule has 162 valence electrons. The summed E-state index contributed by atoms with van der Waals surface area (Å²) in [6.45, 7) is 2.25. The van der Waals surface area contributed by atoms with Gasteiger partial charge in [0, 0.05) is 19.9 Å². The van der Waals surface area contributed by atoms with Crippen molar-refractivity contribution in [3.63, 3.8) is 0 Å². The Hall–Kier alpha value is -3.20. The number of fused-ring (bicyclic) bond motifs is 1. The Morgan fingerprint density at radius 1 is 1.19 bits per heavy atom. The lowest BCUT2D eigenvalue weighted by atomic mass is 10.1. The Bertz CT molecular complexity index is 1030. The minimum absolute atomic E-state index is 0.114. The molecular weight excluding hydrogens is 416 g/mol. The molecule has 0 spiro atoms. The number of unbranched alkanes of at least 4 members (excludes halogenated alkanes) is 2. The fourth-order valence-electron chi connectivity index (χ4n) is 3.43. The number of anilines is 1. The zero-order valence-electron chi connectivity index (χ0n) is 17.2. The molecule has 0 radical (unpaired) electrons. The monoisotopic (exact) mass is 440 g/mol. The highest BCUT2D eigenvalue weighted by atomic mass is 32.1. The van der Waals surface area contributed by atoms with Crippen molar-refractivity contribution in [2.75, 3.05) is 18.0 Å². The molecule has 1 aromatic carbocycles. The fourth-order valence-corrected chi connectivity index (χ4v) is 4.08. The number of carbonyl (C=O) groups excluding carboxylic acids is 2. The number of ether oxygens (including phenoxy) is 1. The molecule has 2 aromatic heterocycles. The van der Waals surface area contributed by atoms with E-state index in [1.165, 1.54) is 6.92 Å². The maximum absolute atomic E-state index is 12.5. The molecule has 9 heteroatoms. The van der Waals surface area contributed by atoms with Gasteiger partial charge in [-0.05, 0) is 36.4 Å². The third kappa shape index (κ3) is 5.11. The lowest BCUT2D eigenvalue weighted by molar-refractivity contribution is -0.128. The van der Waals surface area contributed by atoms with Gasteiger partial charge in [0.1, 0.15) is 5.75 Å². The van der Waals surface area contributed by atoms with Gasteiger partial charge in [0.05, 0.1) is 17.1 Å². The summed E-state index contributed by atoms with van der Waals surface area (Å²) >= 11 is 1.58. The first-order valence-electron chi connectivity index (χ1n) is 10.3. The smallest absolute Gasteiger partial charge is 0.262 e. The van der Waals surface area contributed by atoms with Gasteiger partial charge < -0.3 is 19.5 Å². The highest BCUT2D eigenvalue weighted by Gasteiger charge is 2.32. The molecule has 1 atom stereocenters. The SMILES string of the molecule is CC(=O)N1CC(C(=O)NCCCCCc2nc(-c3cccs3)no2)Oc2ccccc21. The number of thiophene rings is 1. The molecule has 1 aliphatic rings. The van der Waals surface area contributed by atoms with Crippen molar-refractivity contribution in [2.45, 2.75) is 38.7 Å². The molecule has 0 fully saturated rings. The number of aromatic nitrogens is 2. The van der Waals surface area contributed by atoms with Crippen LogP contribution in [-0.2, 0) is 16.0 Å². The summed E-state index contributed by atoms with van der Waals surface area (Å²) in [7, 11) is 0. The predicted octanol–water partition coefficient (Wildman–Crippen LogP) is 3.44. The van der Waals surface area contributed by atoms with Gasteiger partial charge in [0.25, 0.3) is 5.91 Å². The quantitative estimate of drug-likeness (QED) is 0.539. The summed E-state index contributed by atoms with van der Waals surface area (Å²) in [4.78, 5) is 31.5. The highest BCUT2D eigenvalue weighted by Crippen LogP contribution is 2.33. The van der Waals surface area contributed by atoms with E-state index in [0.29, 0.717) is 36.1 Å². The average Bonchev–Trinajstić information content (AvgIpc) is 3.47. The van der Waals surface area contributed by atoms with Gasteiger partial charge in [0.2, 0.25) is 17.6 Å². The molecule has 31 heavy (non-hydrogen) atoms. The Kier molecular flexibility index (Phi) is 6.61. The maximum atomic E-state index is 12.5. The van der Waals surface area contributed by atoms with E-state index in [1.54, 1.807) is 22.3 Å². The molecule has 2 amide bonds. The van der Waals surface area contributed by atoms with Gasteiger partial charge in [-0.1, -0.05) is 29.8 Å². The highest BCUT2D eigenvalue weighted by molar-refractivity contribution is 7.13. The lowest BCUT2D eigenvalue weighted by Crippen LogP contribution is -2.50. The second-order valence-corrected chi connectivity index (χ2v) is 8.24. The van der Waals surface area contributed by atoms with Crippen molar-refractivity contribution in [3.8, 4) is 16.5 Å². The number of benzene rings is 1. The van der Waals surface area contributed by atoms with Gasteiger partial charge >= 0.3 is 0 Å². The van der Waals surface area contributed by atoms with Gasteiger partial charge in [-0.2, -0.15) is 4.98 Å². The number of nitrogens with one attached hydrogen (secondary N) is 1. The largest absolute Gasteiger partial charge is 0.477 e. The lowest BCUT2D eigenvalue weighted by Gasteiger charge is -2.33. The van der Waals surface area contributed by atoms with Crippen LogP contribution in [0.2, 0.25) is 0 Å². The number of amides is 2. The van der Waals surface area contributed by atoms with E-state index in [4.69, 9.17) is 9.26 Å². The standard InChI is InChI=1S/C22H24N4O4S/c1-15(27)26-14-18(29-17-9-5-4-8-16(17)26)22(28)23-12-6-2-3-11-20-24-21(25-30-20)19-10-7-13-31-19/h4-5,7-10,13,18H,2-3,6,11-12,14H2,1H3,(H,23,28). The van der Waals surface area contributed by atoms with Gasteiger partial charge in [-0.25, -0.2) is 0 Å². The molecule has 0 saturated carbocycles. The molecule has 1 aliphatic heterocycles. The van der Waals surface area contributed by atoms with E-state index in [0.717, 1.165) is 24.1 Å². The summed E-state index contributed by atoms with van der Waals surface area (Å²) in [6, 6.07) is 11.2. The van der Waals surface area contributed by atoms with E-state index < -0.39 is 6.10 Å². The Morgan fingerprint density at radius 3 is 2.87 bits per heavy atom. The minimum atomic E-state index is -0.715. The van der Waals surface area contributed by atoms with E-state index >= 15 is 0 Å². The molecule has 3 aromatic rings. The van der Waals surface area contributed by atoms with E-state index in [2.05, 4.69) is 15.5 Å². The predicted molar refractivity (Wildman–Crippen MR) is 117 cm³/mol. The fraction of sp³-hybridized carbons (Fsp3) is 0.364. The van der Waals surface area contributed by atoms with Gasteiger partial charge in [0.15, 0.2) is 6.10 Å². The van der Waals surface area contributed by atoms with Crippen molar-refractivity contribution in [1.29, 1.82) is 0 Å². The minimum Gasteiger partial charge on any atom is -0.477 e. The normalized spacial score (nSPS) is 15.3. The number of hydrogen-bond acceptors (Lipinski definition) is 7. The molecule has 3 heterocycles. The summed E-state index contributed by atoms with van der Waals surface area (Å²) in [5.41, 5.74) is 0.697. The van der Waals surface area contributed by atoms with Crippen LogP contribution in [0.4, 0.5) is 5.69 Å². The number of para-hydroxylation sites is 2. The summed E-state index contributed by atoms with van der Waals surface area (Å²) in [5.74, 6) is 1.48. The van der Waals surface area contributed by atoms with Crippen LogP contribution in [0.15, 0.2) is 46.3 Å². The van der Waals surface area contributed by atoms with Crippen LogP contribution >= 0.6 is 11.3 Å². The third-order valence-electron chi connectivity index (χ3n) is 5.02. The number of rotatable bonds is 8. The van der Waals surface area contributed by atoms with Crippen molar-refractivity contribution < 1.29 is 18.8 Å². The first-order chi connectivity index (χ1) is 15.1. The first-order valence-corrected chi connectivity index (χ1v) is 11.2. The Balaban J connectivity index is 1.18. The third-order valence-corrected chi connectivity index (χ3v) is 5.89. The zero-order chi connectivity index (χ0) is 21.6. The van der Waals surface area contributed by atoms with Crippen LogP contribution in [0.3, 0.4) is 0 Å². The number of aryl methyl sites for hydroxylation is 1. The van der Waals surface area contributed by atoms with Crippen LogP contribution in [0.1, 0.15) is 32.1 Å². The number of carbonyl (C=O) groups is 2. The number of hydrogen-bond donors (Lipinski definition) is 1. The van der Waals surface area contributed by atoms with Crippen molar-refractivity contribution >= 4 is 28.8 Å². The summed E-state index contributed by atoms with van der Waals surface area (Å²) in [6.07, 6.45) is 2.64. The van der Waals surface area contributed by atoms with Crippen LogP contribution < -0.4 is 15.0 Å². The second-order valence-electron chi connectivity index (χ2n) is 7.29. The molecule has 0 aliphatic carbocycles. The van der Waals surface area contributed by atoms with Gasteiger partial charge in [-0.15, -0.1) is 11.3 Å². The maximum Gasteiger partial charge on any atom is 0.262 e. The van der Waals surface area contributed by atoms with Crippen LogP contribution in [-0.4, -0.2) is 41.1 Å². The molecule has 1 N–H and O–H groups in total. The molecule has 0 saturated heterocycles. The van der Waals surface area contributed by atoms with Crippen LogP contribution in [0.25, 0.3) is 10.7 Å². The van der Waals surface area contributed by atoms with E-state index in [-0.39, 0.29) is 18.4 Å². The molecule has 0 bridgehead atoms. The van der Waals surface area contributed by atoms with Gasteiger partial charge in [-0.3, -0.25) is 9.59 Å². The topological polar surface area (TPSA) is 97.6 Å². The first kappa shape index (κ1) is 21.0. The molecular formula is C22H24N4O4S. The van der Waals surface area contributed by atoms with Crippen molar-refractivity contribution in [2.24, 2.45) is 0 Å². The summed E-state index contributed by atoms with van der Waals surface area (Å²) < 4.78 is 11.1. The zero-order valence-corrected chi connectivity index (χ0v) is 18.1. The van der Waals surface area contributed by atoms with Crippen molar-refractivity contribution in [1.82, 2.24) is 15.5 Å². The van der Waals surface area contributed by atoms with Crippen LogP contribution in [0, 0.1) is 0 Å². The molecule has 8 nitrogen and oxygen atoms in total. The summed E-state index contributed by atoms with van der Waals surface area (Å²) in [5, 5.41) is 8.90. The van der Waals surface area contributed by atoms with Crippen molar-refractivity contribution in [3.05, 3.63) is 47.7 Å². The second kappa shape index (κ2) is 9.74. The number of nitrogens with zero attached hydrogens (tertiary/aromatic N) is 3. The average molecular weight is 441 g/mol. The van der Waals surface area contributed by atoms with Crippen LogP contribution in [0.5, 0.6) is 5.75 Å². The molecule has 4 rings (SSSR count).